The number of thiophene rings is 1. The van der Waals surface area contributed by atoms with Crippen LogP contribution in [-0.4, -0.2) is 31.2 Å². The topological polar surface area (TPSA) is 72.2 Å². The molecule has 0 aliphatic carbocycles. The van der Waals surface area contributed by atoms with Crippen molar-refractivity contribution in [3.05, 3.63) is 45.0 Å². The van der Waals surface area contributed by atoms with Gasteiger partial charge in [-0.3, -0.25) is 9.20 Å². The Balaban J connectivity index is 1.53. The highest BCUT2D eigenvalue weighted by molar-refractivity contribution is 9.10. The van der Waals surface area contributed by atoms with Crippen molar-refractivity contribution < 1.29 is 4.79 Å². The Labute approximate surface area is 172 Å². The van der Waals surface area contributed by atoms with Crippen LogP contribution in [0.1, 0.15) is 16.0 Å². The lowest BCUT2D eigenvalue weighted by Gasteiger charge is -2.07. The normalized spacial score (nSPS) is 11.4. The lowest BCUT2D eigenvalue weighted by Crippen LogP contribution is -2.14. The van der Waals surface area contributed by atoms with E-state index in [0.717, 1.165) is 31.6 Å². The second-order valence-corrected chi connectivity index (χ2v) is 9.20. The third-order valence-electron chi connectivity index (χ3n) is 4.28. The van der Waals surface area contributed by atoms with E-state index in [9.17, 15) is 4.79 Å². The molecule has 27 heavy (non-hydrogen) atoms. The molecule has 0 saturated heterocycles. The molecule has 0 bridgehead atoms. The van der Waals surface area contributed by atoms with Gasteiger partial charge in [-0.05, 0) is 60.0 Å². The zero-order valence-electron chi connectivity index (χ0n) is 14.9. The van der Waals surface area contributed by atoms with Gasteiger partial charge in [0.15, 0.2) is 10.8 Å². The number of nitrogens with one attached hydrogen (secondary N) is 1. The SMILES string of the molecule is Cc1ccc(NC(=O)CSc2nnc3c4c(C)c(C)sc4ncn23)c(Br)c1. The van der Waals surface area contributed by atoms with E-state index in [1.807, 2.05) is 29.5 Å². The van der Waals surface area contributed by atoms with E-state index in [2.05, 4.69) is 50.3 Å². The molecular formula is C18H16BrN5OS2. The number of aromatic nitrogens is 4. The molecule has 0 fully saturated rings. The first-order valence-corrected chi connectivity index (χ1v) is 10.8. The van der Waals surface area contributed by atoms with Gasteiger partial charge < -0.3 is 5.32 Å². The number of amides is 1. The lowest BCUT2D eigenvalue weighted by molar-refractivity contribution is -0.113. The fraction of sp³-hybridized carbons (Fsp3) is 0.222. The molecular weight excluding hydrogens is 446 g/mol. The van der Waals surface area contributed by atoms with Crippen LogP contribution in [0.5, 0.6) is 0 Å². The number of carbonyl (C=O) groups is 1. The standard InChI is InChI=1S/C18H16BrN5OS2/c1-9-4-5-13(12(19)6-9)21-14(25)7-26-18-23-22-16-15-10(2)11(3)27-17(15)20-8-24(16)18/h4-6,8H,7H2,1-3H3,(H,21,25). The van der Waals surface area contributed by atoms with Crippen molar-refractivity contribution in [3.63, 3.8) is 0 Å². The summed E-state index contributed by atoms with van der Waals surface area (Å²) in [7, 11) is 0. The molecule has 1 aromatic carbocycles. The molecule has 1 N–H and O–H groups in total. The van der Waals surface area contributed by atoms with Crippen LogP contribution in [0.25, 0.3) is 15.9 Å². The summed E-state index contributed by atoms with van der Waals surface area (Å²) in [6.07, 6.45) is 1.73. The minimum Gasteiger partial charge on any atom is -0.324 e. The molecule has 0 spiro atoms. The Morgan fingerprint density at radius 2 is 2.11 bits per heavy atom. The summed E-state index contributed by atoms with van der Waals surface area (Å²) in [5, 5.41) is 13.2. The number of rotatable bonds is 4. The predicted molar refractivity (Wildman–Crippen MR) is 114 cm³/mol. The van der Waals surface area contributed by atoms with Crippen molar-refractivity contribution in [2.45, 2.75) is 25.9 Å². The van der Waals surface area contributed by atoms with Gasteiger partial charge in [-0.1, -0.05) is 17.8 Å². The number of thioether (sulfide) groups is 1. The van der Waals surface area contributed by atoms with Crippen LogP contribution in [0.3, 0.4) is 0 Å². The lowest BCUT2D eigenvalue weighted by atomic mass is 10.2. The van der Waals surface area contributed by atoms with Crippen LogP contribution in [0.2, 0.25) is 0 Å². The van der Waals surface area contributed by atoms with Gasteiger partial charge in [0.1, 0.15) is 11.2 Å². The average Bonchev–Trinajstić information content (AvgIpc) is 3.16. The highest BCUT2D eigenvalue weighted by atomic mass is 79.9. The first kappa shape index (κ1) is 18.4. The average molecular weight is 462 g/mol. The number of aryl methyl sites for hydroxylation is 3. The van der Waals surface area contributed by atoms with Crippen molar-refractivity contribution in [2.75, 3.05) is 11.1 Å². The molecule has 6 nitrogen and oxygen atoms in total. The summed E-state index contributed by atoms with van der Waals surface area (Å²) < 4.78 is 2.71. The van der Waals surface area contributed by atoms with Gasteiger partial charge in [0, 0.05) is 9.35 Å². The number of benzene rings is 1. The predicted octanol–water partition coefficient (Wildman–Crippen LogP) is 4.76. The number of carbonyl (C=O) groups excluding carboxylic acids is 1. The minimum atomic E-state index is -0.0992. The van der Waals surface area contributed by atoms with Crippen molar-refractivity contribution in [3.8, 4) is 0 Å². The molecule has 4 rings (SSSR count). The van der Waals surface area contributed by atoms with Crippen LogP contribution >= 0.6 is 39.0 Å². The zero-order valence-corrected chi connectivity index (χ0v) is 18.1. The maximum Gasteiger partial charge on any atom is 0.234 e. The summed E-state index contributed by atoms with van der Waals surface area (Å²) in [5.74, 6) is 0.138. The Bertz CT molecular complexity index is 1180. The van der Waals surface area contributed by atoms with Gasteiger partial charge >= 0.3 is 0 Å². The molecule has 0 radical (unpaired) electrons. The molecule has 3 heterocycles. The van der Waals surface area contributed by atoms with Crippen LogP contribution in [-0.2, 0) is 4.79 Å². The highest BCUT2D eigenvalue weighted by Crippen LogP contribution is 2.32. The monoisotopic (exact) mass is 461 g/mol. The quantitative estimate of drug-likeness (QED) is 0.443. The number of nitrogens with zero attached hydrogens (tertiary/aromatic N) is 4. The van der Waals surface area contributed by atoms with Gasteiger partial charge in [0.25, 0.3) is 0 Å². The number of anilines is 1. The van der Waals surface area contributed by atoms with Crippen LogP contribution in [0, 0.1) is 20.8 Å². The summed E-state index contributed by atoms with van der Waals surface area (Å²) in [6.45, 7) is 6.16. The number of halogens is 1. The van der Waals surface area contributed by atoms with Crippen molar-refractivity contribution >= 4 is 66.5 Å². The maximum atomic E-state index is 12.3. The fourth-order valence-corrected chi connectivity index (χ4v) is 5.05. The molecule has 138 valence electrons. The zero-order chi connectivity index (χ0) is 19.1. The molecule has 3 aromatic heterocycles. The van der Waals surface area contributed by atoms with E-state index in [4.69, 9.17) is 0 Å². The van der Waals surface area contributed by atoms with Crippen molar-refractivity contribution in [1.29, 1.82) is 0 Å². The van der Waals surface area contributed by atoms with E-state index in [1.165, 1.54) is 22.2 Å². The van der Waals surface area contributed by atoms with Gasteiger partial charge in [0.2, 0.25) is 5.91 Å². The molecule has 0 saturated carbocycles. The van der Waals surface area contributed by atoms with E-state index in [1.54, 1.807) is 17.7 Å². The number of fused-ring (bicyclic) bond motifs is 3. The summed E-state index contributed by atoms with van der Waals surface area (Å²) in [6, 6.07) is 5.81. The Morgan fingerprint density at radius 1 is 1.30 bits per heavy atom. The molecule has 0 aliphatic rings. The second-order valence-electron chi connectivity index (χ2n) is 6.20. The number of hydrogen-bond acceptors (Lipinski definition) is 6. The first-order chi connectivity index (χ1) is 12.9. The Morgan fingerprint density at radius 3 is 2.89 bits per heavy atom. The molecule has 0 atom stereocenters. The van der Waals surface area contributed by atoms with Crippen LogP contribution in [0.4, 0.5) is 5.69 Å². The fourth-order valence-electron chi connectivity index (χ4n) is 2.76. The first-order valence-electron chi connectivity index (χ1n) is 8.22. The third-order valence-corrected chi connectivity index (χ3v) is 6.99. The van der Waals surface area contributed by atoms with Crippen LogP contribution in [0.15, 0.2) is 34.2 Å². The Hall–Kier alpha value is -1.97. The minimum absolute atomic E-state index is 0.0992. The summed E-state index contributed by atoms with van der Waals surface area (Å²) in [5.41, 5.74) is 3.84. The summed E-state index contributed by atoms with van der Waals surface area (Å²) in [4.78, 5) is 19.0. The molecule has 9 heteroatoms. The molecule has 0 unspecified atom stereocenters. The summed E-state index contributed by atoms with van der Waals surface area (Å²) >= 11 is 6.47. The molecule has 4 aromatic rings. The van der Waals surface area contributed by atoms with E-state index in [-0.39, 0.29) is 11.7 Å². The van der Waals surface area contributed by atoms with Gasteiger partial charge in [0.05, 0.1) is 16.8 Å². The number of hydrogen-bond donors (Lipinski definition) is 1. The van der Waals surface area contributed by atoms with Crippen LogP contribution < -0.4 is 5.32 Å². The molecule has 1 amide bonds. The highest BCUT2D eigenvalue weighted by Gasteiger charge is 2.16. The van der Waals surface area contributed by atoms with E-state index in [0.29, 0.717) is 5.16 Å². The van der Waals surface area contributed by atoms with E-state index < -0.39 is 0 Å². The second kappa shape index (κ2) is 7.21. The van der Waals surface area contributed by atoms with Crippen molar-refractivity contribution in [1.82, 2.24) is 19.6 Å². The third kappa shape index (κ3) is 3.46. The largest absolute Gasteiger partial charge is 0.324 e. The smallest absolute Gasteiger partial charge is 0.234 e. The van der Waals surface area contributed by atoms with Crippen molar-refractivity contribution in [2.24, 2.45) is 0 Å². The van der Waals surface area contributed by atoms with Gasteiger partial charge in [-0.15, -0.1) is 21.5 Å². The Kier molecular flexibility index (Phi) is 4.92. The van der Waals surface area contributed by atoms with Gasteiger partial charge in [-0.2, -0.15) is 0 Å². The molecule has 0 aliphatic heterocycles. The van der Waals surface area contributed by atoms with E-state index >= 15 is 0 Å². The maximum absolute atomic E-state index is 12.3. The van der Waals surface area contributed by atoms with Gasteiger partial charge in [-0.25, -0.2) is 4.98 Å².